The molecular weight excluding hydrogens is 561 g/mol. The molecule has 0 aliphatic rings. The number of methoxy groups -OCH3 is 2. The number of likely N-dealkylation sites (N-methyl/N-ethyl adjacent to an activating group) is 1. The summed E-state index contributed by atoms with van der Waals surface area (Å²) in [4.78, 5) is 18.9. The second-order valence-corrected chi connectivity index (χ2v) is 10.2. The van der Waals surface area contributed by atoms with Crippen molar-refractivity contribution < 1.29 is 36.9 Å². The topological polar surface area (TPSA) is 101 Å². The summed E-state index contributed by atoms with van der Waals surface area (Å²) in [6.45, 7) is 2.36. The molecule has 41 heavy (non-hydrogen) atoms. The number of amides is 1. The zero-order valence-corrected chi connectivity index (χ0v) is 23.7. The van der Waals surface area contributed by atoms with Crippen LogP contribution in [-0.2, 0) is 17.5 Å². The molecule has 0 fully saturated rings. The highest BCUT2D eigenvalue weighted by atomic mass is 32.1. The Bertz CT molecular complexity index is 1490. The average molecular weight is 593 g/mol. The van der Waals surface area contributed by atoms with Gasteiger partial charge in [0.25, 0.3) is 5.91 Å². The number of nitrogens with two attached hydrogens (primary N) is 1. The Balaban J connectivity index is 1.57. The summed E-state index contributed by atoms with van der Waals surface area (Å²) in [6, 6.07) is 10.2. The third-order valence-electron chi connectivity index (χ3n) is 6.30. The number of halogens is 3. The van der Waals surface area contributed by atoms with E-state index in [0.717, 1.165) is 36.9 Å². The molecule has 4 aromatic rings. The fourth-order valence-electron chi connectivity index (χ4n) is 4.18. The number of rotatable bonds is 14. The zero-order valence-electron chi connectivity index (χ0n) is 22.9. The van der Waals surface area contributed by atoms with Crippen molar-refractivity contribution in [3.8, 4) is 22.2 Å². The van der Waals surface area contributed by atoms with Crippen LogP contribution in [0.15, 0.2) is 48.8 Å². The lowest BCUT2D eigenvalue weighted by molar-refractivity contribution is -0.138. The molecule has 0 aliphatic heterocycles. The highest BCUT2D eigenvalue weighted by molar-refractivity contribution is 7.16. The third kappa shape index (κ3) is 7.29. The molecule has 0 saturated carbocycles. The van der Waals surface area contributed by atoms with E-state index in [4.69, 9.17) is 24.7 Å². The van der Waals surface area contributed by atoms with Gasteiger partial charge in [0.2, 0.25) is 0 Å². The van der Waals surface area contributed by atoms with Crippen molar-refractivity contribution in [1.82, 2.24) is 14.5 Å². The van der Waals surface area contributed by atoms with E-state index in [1.165, 1.54) is 18.2 Å². The highest BCUT2D eigenvalue weighted by Crippen LogP contribution is 2.38. The van der Waals surface area contributed by atoms with Gasteiger partial charge in [-0.15, -0.1) is 11.3 Å². The summed E-state index contributed by atoms with van der Waals surface area (Å²) in [7, 11) is 5.22. The number of carbonyl (C=O) groups is 1. The van der Waals surface area contributed by atoms with E-state index < -0.39 is 24.3 Å². The van der Waals surface area contributed by atoms with E-state index in [1.54, 1.807) is 43.3 Å². The van der Waals surface area contributed by atoms with Gasteiger partial charge in [0.1, 0.15) is 28.6 Å². The van der Waals surface area contributed by atoms with Gasteiger partial charge in [-0.2, -0.15) is 13.2 Å². The zero-order chi connectivity index (χ0) is 29.6. The fraction of sp³-hybridized carbons (Fsp3) is 0.357. The maximum atomic E-state index is 13.4. The molecule has 0 unspecified atom stereocenters. The van der Waals surface area contributed by atoms with E-state index in [1.807, 2.05) is 7.05 Å². The van der Waals surface area contributed by atoms with Gasteiger partial charge in [-0.1, -0.05) is 18.2 Å². The van der Waals surface area contributed by atoms with E-state index >= 15 is 0 Å². The first-order valence-electron chi connectivity index (χ1n) is 12.7. The van der Waals surface area contributed by atoms with Crippen molar-refractivity contribution in [1.29, 1.82) is 0 Å². The van der Waals surface area contributed by atoms with Gasteiger partial charge in [-0.05, 0) is 19.5 Å². The first-order valence-corrected chi connectivity index (χ1v) is 13.5. The minimum Gasteiger partial charge on any atom is -0.493 e. The van der Waals surface area contributed by atoms with Crippen LogP contribution in [-0.4, -0.2) is 67.9 Å². The van der Waals surface area contributed by atoms with E-state index in [2.05, 4.69) is 9.88 Å². The molecule has 220 valence electrons. The first-order chi connectivity index (χ1) is 19.6. The van der Waals surface area contributed by atoms with Crippen LogP contribution in [0, 0.1) is 0 Å². The number of carbonyl (C=O) groups excluding carboxylic acids is 1. The number of thiophene rings is 1. The largest absolute Gasteiger partial charge is 0.493 e. The van der Waals surface area contributed by atoms with E-state index in [-0.39, 0.29) is 16.2 Å². The predicted molar refractivity (Wildman–Crippen MR) is 149 cm³/mol. The Hall–Kier alpha value is -3.81. The first kappa shape index (κ1) is 30.2. The summed E-state index contributed by atoms with van der Waals surface area (Å²) in [5.41, 5.74) is 6.00. The highest BCUT2D eigenvalue weighted by Gasteiger charge is 2.33. The second-order valence-electron chi connectivity index (χ2n) is 9.19. The van der Waals surface area contributed by atoms with Crippen LogP contribution < -0.4 is 19.9 Å². The normalized spacial score (nSPS) is 11.8. The van der Waals surface area contributed by atoms with E-state index in [9.17, 15) is 18.0 Å². The van der Waals surface area contributed by atoms with Gasteiger partial charge in [-0.3, -0.25) is 9.36 Å². The summed E-state index contributed by atoms with van der Waals surface area (Å²) in [5, 5.41) is 0.538. The molecule has 2 heterocycles. The molecule has 0 aliphatic carbocycles. The molecule has 0 spiro atoms. The SMILES string of the molecule is COCCN(C)CCCOc1cc2c(cc1OC)ncn2-c1cc(OCc2ccccc2C(F)(F)F)c(C(N)=O)s1. The Kier molecular flexibility index (Phi) is 9.73. The van der Waals surface area contributed by atoms with Crippen molar-refractivity contribution >= 4 is 28.3 Å². The lowest BCUT2D eigenvalue weighted by Crippen LogP contribution is -2.25. The van der Waals surface area contributed by atoms with Crippen LogP contribution in [0.2, 0.25) is 0 Å². The van der Waals surface area contributed by atoms with Gasteiger partial charge < -0.3 is 29.6 Å². The summed E-state index contributed by atoms with van der Waals surface area (Å²) < 4.78 is 64.3. The molecule has 1 amide bonds. The minimum atomic E-state index is -4.54. The number of fused-ring (bicyclic) bond motifs is 1. The molecule has 0 saturated heterocycles. The Morgan fingerprint density at radius 1 is 1.05 bits per heavy atom. The van der Waals surface area contributed by atoms with Crippen LogP contribution in [0.1, 0.15) is 27.2 Å². The summed E-state index contributed by atoms with van der Waals surface area (Å²) >= 11 is 1.05. The third-order valence-corrected chi connectivity index (χ3v) is 7.43. The van der Waals surface area contributed by atoms with Crippen molar-refractivity contribution in [2.75, 3.05) is 47.6 Å². The Morgan fingerprint density at radius 3 is 2.54 bits per heavy atom. The Labute approximate surface area is 239 Å². The van der Waals surface area contributed by atoms with Crippen molar-refractivity contribution in [2.45, 2.75) is 19.2 Å². The molecule has 9 nitrogen and oxygen atoms in total. The van der Waals surface area contributed by atoms with Crippen molar-refractivity contribution in [3.63, 3.8) is 0 Å². The molecule has 2 aromatic carbocycles. The number of ether oxygens (including phenoxy) is 4. The van der Waals surface area contributed by atoms with Crippen LogP contribution in [0.4, 0.5) is 13.2 Å². The van der Waals surface area contributed by atoms with Gasteiger partial charge in [0.05, 0.1) is 36.9 Å². The van der Waals surface area contributed by atoms with Crippen LogP contribution >= 0.6 is 11.3 Å². The number of hydrogen-bond donors (Lipinski definition) is 1. The number of benzene rings is 2. The molecular formula is C28H31F3N4O5S. The smallest absolute Gasteiger partial charge is 0.416 e. The van der Waals surface area contributed by atoms with Gasteiger partial charge in [0.15, 0.2) is 11.5 Å². The van der Waals surface area contributed by atoms with Crippen molar-refractivity contribution in [2.24, 2.45) is 5.73 Å². The van der Waals surface area contributed by atoms with Gasteiger partial charge >= 0.3 is 6.18 Å². The lowest BCUT2D eigenvalue weighted by Gasteiger charge is -2.16. The fourth-order valence-corrected chi connectivity index (χ4v) is 5.12. The van der Waals surface area contributed by atoms with Gasteiger partial charge in [0, 0.05) is 44.0 Å². The second kappa shape index (κ2) is 13.2. The van der Waals surface area contributed by atoms with Gasteiger partial charge in [-0.25, -0.2) is 4.98 Å². The molecule has 0 radical (unpaired) electrons. The summed E-state index contributed by atoms with van der Waals surface area (Å²) in [5.74, 6) is 0.366. The number of primary amides is 1. The number of alkyl halides is 3. The molecule has 0 atom stereocenters. The monoisotopic (exact) mass is 592 g/mol. The molecule has 13 heteroatoms. The van der Waals surface area contributed by atoms with Crippen LogP contribution in [0.3, 0.4) is 0 Å². The van der Waals surface area contributed by atoms with E-state index in [0.29, 0.717) is 40.7 Å². The molecule has 2 N–H and O–H groups in total. The van der Waals surface area contributed by atoms with Crippen LogP contribution in [0.5, 0.6) is 17.2 Å². The molecule has 4 rings (SSSR count). The predicted octanol–water partition coefficient (Wildman–Crippen LogP) is 5.14. The number of hydrogen-bond acceptors (Lipinski definition) is 8. The quantitative estimate of drug-likeness (QED) is 0.202. The summed E-state index contributed by atoms with van der Waals surface area (Å²) in [6.07, 6.45) is -2.19. The molecule has 0 bridgehead atoms. The minimum absolute atomic E-state index is 0.0602. The number of nitrogens with zero attached hydrogens (tertiary/aromatic N) is 3. The maximum Gasteiger partial charge on any atom is 0.416 e. The van der Waals surface area contributed by atoms with Crippen LogP contribution in [0.25, 0.3) is 16.0 Å². The number of imidazole rings is 1. The Morgan fingerprint density at radius 2 is 1.83 bits per heavy atom. The lowest BCUT2D eigenvalue weighted by atomic mass is 10.1. The maximum absolute atomic E-state index is 13.4. The number of aromatic nitrogens is 2. The standard InChI is InChI=1S/C28H31F3N4O5S/c1-34(10-12-37-2)9-6-11-39-23-14-21-20(13-22(23)38-3)33-17-35(21)25-15-24(26(41-25)27(32)36)40-16-18-7-4-5-8-19(18)28(29,30)31/h4-5,7-8,13-15,17H,6,9-12,16H2,1-3H3,(H2,32,36). The molecule has 2 aromatic heterocycles. The average Bonchev–Trinajstić information content (AvgIpc) is 3.56. The van der Waals surface area contributed by atoms with Crippen molar-refractivity contribution in [3.05, 3.63) is 64.8 Å².